The van der Waals surface area contributed by atoms with E-state index in [4.69, 9.17) is 9.84 Å². The molecule has 0 aliphatic heterocycles. The molecule has 0 aliphatic rings. The van der Waals surface area contributed by atoms with Gasteiger partial charge in [-0.15, -0.1) is 0 Å². The fraction of sp³-hybridized carbons (Fsp3) is 0.500. The van der Waals surface area contributed by atoms with Crippen molar-refractivity contribution in [1.82, 2.24) is 14.9 Å². The Hall–Kier alpha value is -1.45. The molecule has 1 rings (SSSR count). The Morgan fingerprint density at radius 2 is 2.41 bits per heavy atom. The zero-order valence-electron chi connectivity index (χ0n) is 9.08. The quantitative estimate of drug-likeness (QED) is 0.590. The van der Waals surface area contributed by atoms with Crippen LogP contribution >= 0.6 is 0 Å². The van der Waals surface area contributed by atoms with Crippen LogP contribution in [0, 0.1) is 0 Å². The highest BCUT2D eigenvalue weighted by molar-refractivity contribution is 7.89. The Balaban J connectivity index is 2.57. The summed E-state index contributed by atoms with van der Waals surface area (Å²) >= 11 is 0. The SMILES string of the molecule is COC(CNS(=O)(=O)c1ccn[nH]1)CC(=O)O. The molecule has 0 aliphatic carbocycles. The number of aromatic nitrogens is 2. The maximum Gasteiger partial charge on any atom is 0.306 e. The summed E-state index contributed by atoms with van der Waals surface area (Å²) in [6, 6.07) is 1.29. The Morgan fingerprint density at radius 1 is 1.71 bits per heavy atom. The molecule has 1 heterocycles. The van der Waals surface area contributed by atoms with E-state index >= 15 is 0 Å². The molecule has 1 aromatic rings. The molecule has 0 bridgehead atoms. The van der Waals surface area contributed by atoms with Gasteiger partial charge >= 0.3 is 5.97 Å². The third-order valence-corrected chi connectivity index (χ3v) is 3.35. The molecule has 0 saturated heterocycles. The largest absolute Gasteiger partial charge is 0.481 e. The summed E-state index contributed by atoms with van der Waals surface area (Å²) in [5.41, 5.74) is 0. The van der Waals surface area contributed by atoms with Gasteiger partial charge in [-0.1, -0.05) is 0 Å². The van der Waals surface area contributed by atoms with Crippen LogP contribution < -0.4 is 4.72 Å². The van der Waals surface area contributed by atoms with Gasteiger partial charge in [-0.05, 0) is 6.07 Å². The first-order valence-corrected chi connectivity index (χ1v) is 6.17. The molecule has 17 heavy (non-hydrogen) atoms. The van der Waals surface area contributed by atoms with Crippen LogP contribution in [0.15, 0.2) is 17.3 Å². The number of aromatic amines is 1. The lowest BCUT2D eigenvalue weighted by Crippen LogP contribution is -2.34. The summed E-state index contributed by atoms with van der Waals surface area (Å²) in [4.78, 5) is 10.4. The van der Waals surface area contributed by atoms with E-state index in [1.165, 1.54) is 19.4 Å². The Labute approximate surface area is 98.0 Å². The molecule has 0 radical (unpaired) electrons. The first kappa shape index (κ1) is 13.6. The van der Waals surface area contributed by atoms with Crippen molar-refractivity contribution in [3.05, 3.63) is 12.3 Å². The molecule has 0 spiro atoms. The van der Waals surface area contributed by atoms with E-state index in [1.54, 1.807) is 0 Å². The number of sulfonamides is 1. The molecule has 3 N–H and O–H groups in total. The van der Waals surface area contributed by atoms with Gasteiger partial charge in [0.25, 0.3) is 10.0 Å². The number of hydrogen-bond donors (Lipinski definition) is 3. The van der Waals surface area contributed by atoms with Crippen molar-refractivity contribution in [3.8, 4) is 0 Å². The van der Waals surface area contributed by atoms with Gasteiger partial charge in [0.1, 0.15) is 0 Å². The number of carboxylic acids is 1. The number of carbonyl (C=O) groups is 1. The topological polar surface area (TPSA) is 121 Å². The van der Waals surface area contributed by atoms with E-state index < -0.39 is 22.1 Å². The highest BCUT2D eigenvalue weighted by atomic mass is 32.2. The maximum absolute atomic E-state index is 11.6. The number of ether oxygens (including phenoxy) is 1. The van der Waals surface area contributed by atoms with Crippen molar-refractivity contribution in [2.75, 3.05) is 13.7 Å². The van der Waals surface area contributed by atoms with Gasteiger partial charge in [-0.25, -0.2) is 13.1 Å². The van der Waals surface area contributed by atoms with E-state index in [0.29, 0.717) is 0 Å². The first-order valence-electron chi connectivity index (χ1n) is 4.69. The minimum Gasteiger partial charge on any atom is -0.481 e. The Bertz CT molecular complexity index is 456. The lowest BCUT2D eigenvalue weighted by molar-refractivity contribution is -0.139. The minimum absolute atomic E-state index is 0.0809. The van der Waals surface area contributed by atoms with Crippen LogP contribution in [0.4, 0.5) is 0 Å². The van der Waals surface area contributed by atoms with Gasteiger partial charge in [0.15, 0.2) is 5.03 Å². The average Bonchev–Trinajstić information content (AvgIpc) is 2.77. The van der Waals surface area contributed by atoms with Crippen LogP contribution in [-0.4, -0.2) is 49.4 Å². The molecular weight excluding hydrogens is 250 g/mol. The van der Waals surface area contributed by atoms with E-state index in [2.05, 4.69) is 14.9 Å². The lowest BCUT2D eigenvalue weighted by Gasteiger charge is -2.13. The fourth-order valence-corrected chi connectivity index (χ4v) is 2.08. The van der Waals surface area contributed by atoms with Crippen LogP contribution in [0.25, 0.3) is 0 Å². The lowest BCUT2D eigenvalue weighted by atomic mass is 10.2. The van der Waals surface area contributed by atoms with Crippen LogP contribution in [-0.2, 0) is 19.6 Å². The van der Waals surface area contributed by atoms with E-state index in [1.807, 2.05) is 0 Å². The van der Waals surface area contributed by atoms with Crippen molar-refractivity contribution >= 4 is 16.0 Å². The van der Waals surface area contributed by atoms with Gasteiger partial charge in [0, 0.05) is 13.7 Å². The second kappa shape index (κ2) is 5.75. The molecule has 0 amide bonds. The molecule has 0 aromatic carbocycles. The van der Waals surface area contributed by atoms with E-state index in [-0.39, 0.29) is 18.0 Å². The van der Waals surface area contributed by atoms with Crippen molar-refractivity contribution in [3.63, 3.8) is 0 Å². The molecule has 1 aromatic heterocycles. The number of methoxy groups -OCH3 is 1. The highest BCUT2D eigenvalue weighted by Crippen LogP contribution is 2.03. The predicted octanol–water partition coefficient (Wildman–Crippen LogP) is -0.822. The maximum atomic E-state index is 11.6. The molecule has 1 unspecified atom stereocenters. The standard InChI is InChI=1S/C8H13N3O5S/c1-16-6(4-8(12)13)5-10-17(14,15)7-2-3-9-11-7/h2-3,6,10H,4-5H2,1H3,(H,9,11)(H,12,13). The number of aliphatic carboxylic acids is 1. The zero-order valence-corrected chi connectivity index (χ0v) is 9.90. The van der Waals surface area contributed by atoms with E-state index in [9.17, 15) is 13.2 Å². The third-order valence-electron chi connectivity index (χ3n) is 2.00. The van der Waals surface area contributed by atoms with Crippen molar-refractivity contribution in [1.29, 1.82) is 0 Å². The summed E-state index contributed by atoms with van der Waals surface area (Å²) in [5.74, 6) is -1.06. The molecule has 0 saturated carbocycles. The molecule has 8 nitrogen and oxygen atoms in total. The van der Waals surface area contributed by atoms with Crippen LogP contribution in [0.1, 0.15) is 6.42 Å². The van der Waals surface area contributed by atoms with Gasteiger partial charge in [0.05, 0.1) is 18.7 Å². The van der Waals surface area contributed by atoms with E-state index in [0.717, 1.165) is 0 Å². The third kappa shape index (κ3) is 4.13. The van der Waals surface area contributed by atoms with Crippen LogP contribution in [0.3, 0.4) is 0 Å². The second-order valence-corrected chi connectivity index (χ2v) is 4.96. The number of carboxylic acid groups (broad SMARTS) is 1. The normalized spacial score (nSPS) is 13.5. The summed E-state index contributed by atoms with van der Waals surface area (Å²) in [7, 11) is -2.38. The molecule has 1 atom stereocenters. The van der Waals surface area contributed by atoms with Gasteiger partial charge in [0.2, 0.25) is 0 Å². The molecule has 0 fully saturated rings. The number of H-pyrrole nitrogens is 1. The smallest absolute Gasteiger partial charge is 0.306 e. The second-order valence-electron chi connectivity index (χ2n) is 3.23. The fourth-order valence-electron chi connectivity index (χ4n) is 1.11. The molecular formula is C8H13N3O5S. The highest BCUT2D eigenvalue weighted by Gasteiger charge is 2.19. The first-order chi connectivity index (χ1) is 7.95. The Morgan fingerprint density at radius 3 is 2.88 bits per heavy atom. The van der Waals surface area contributed by atoms with Gasteiger partial charge in [-0.2, -0.15) is 5.10 Å². The Kier molecular flexibility index (Phi) is 4.61. The van der Waals surface area contributed by atoms with Crippen molar-refractivity contribution in [2.24, 2.45) is 0 Å². The number of rotatable bonds is 7. The van der Waals surface area contributed by atoms with Crippen molar-refractivity contribution in [2.45, 2.75) is 17.6 Å². The van der Waals surface area contributed by atoms with Gasteiger partial charge < -0.3 is 9.84 Å². The summed E-state index contributed by atoms with van der Waals surface area (Å²) < 4.78 is 30.3. The number of nitrogens with one attached hydrogen (secondary N) is 2. The molecule has 96 valence electrons. The summed E-state index contributed by atoms with van der Waals surface area (Å²) in [5, 5.41) is 14.3. The molecule has 9 heteroatoms. The van der Waals surface area contributed by atoms with Crippen LogP contribution in [0.5, 0.6) is 0 Å². The van der Waals surface area contributed by atoms with Crippen molar-refractivity contribution < 1.29 is 23.1 Å². The minimum atomic E-state index is -3.70. The summed E-state index contributed by atoms with van der Waals surface area (Å²) in [6.45, 7) is -0.121. The average molecular weight is 263 g/mol. The predicted molar refractivity (Wildman–Crippen MR) is 56.8 cm³/mol. The monoisotopic (exact) mass is 263 g/mol. The number of nitrogens with zero attached hydrogens (tertiary/aromatic N) is 1. The number of hydrogen-bond acceptors (Lipinski definition) is 5. The zero-order chi connectivity index (χ0) is 12.9. The van der Waals surface area contributed by atoms with Gasteiger partial charge in [-0.3, -0.25) is 9.89 Å². The van der Waals surface area contributed by atoms with Crippen LogP contribution in [0.2, 0.25) is 0 Å². The summed E-state index contributed by atoms with van der Waals surface area (Å²) in [6.07, 6.45) is 0.312.